The summed E-state index contributed by atoms with van der Waals surface area (Å²) in [5.41, 5.74) is 1.18. The zero-order chi connectivity index (χ0) is 12.4. The predicted octanol–water partition coefficient (Wildman–Crippen LogP) is 8.99. The van der Waals surface area contributed by atoms with E-state index in [1.165, 1.54) is 5.69 Å². The van der Waals surface area contributed by atoms with Gasteiger partial charge < -0.3 is 4.90 Å². The lowest BCUT2D eigenvalue weighted by atomic mass is 10.3. The van der Waals surface area contributed by atoms with Gasteiger partial charge in [0, 0.05) is 28.8 Å². The molecule has 0 aromatic heterocycles. The first kappa shape index (κ1) is 64.6. The van der Waals surface area contributed by atoms with Crippen LogP contribution in [0.2, 0.25) is 0 Å². The maximum absolute atomic E-state index is 11.1. The maximum atomic E-state index is 11.1. The topological polar surface area (TPSA) is 20.3 Å². The fourth-order valence-corrected chi connectivity index (χ4v) is 2.54. The summed E-state index contributed by atoms with van der Waals surface area (Å²) in [4.78, 5) is 2.16. The fraction of sp³-hybridized carbons (Fsp3) is 0.727. The van der Waals surface area contributed by atoms with Gasteiger partial charge in [-0.2, -0.15) is 0 Å². The first-order chi connectivity index (χ1) is 7.86. The summed E-state index contributed by atoms with van der Waals surface area (Å²) in [6.45, 7) is 8.93. The van der Waals surface area contributed by atoms with E-state index in [0.29, 0.717) is 5.88 Å². The molecule has 1 aliphatic rings. The van der Waals surface area contributed by atoms with Crippen LogP contribution in [-0.2, 0) is 10.8 Å². The van der Waals surface area contributed by atoms with E-state index in [-0.39, 0.29) is 66.8 Å². The lowest BCUT2D eigenvalue weighted by Gasteiger charge is -2.15. The van der Waals surface area contributed by atoms with Gasteiger partial charge in [0.2, 0.25) is 0 Å². The van der Waals surface area contributed by atoms with Crippen molar-refractivity contribution in [1.29, 1.82) is 0 Å². The highest BCUT2D eigenvalue weighted by Crippen LogP contribution is 2.16. The summed E-state index contributed by atoms with van der Waals surface area (Å²) in [5, 5.41) is 0. The van der Waals surface area contributed by atoms with Gasteiger partial charge in [-0.25, -0.2) is 0 Å². The molecule has 2 rings (SSSR count). The van der Waals surface area contributed by atoms with Crippen LogP contribution in [0.25, 0.3) is 0 Å². The van der Waals surface area contributed by atoms with Crippen molar-refractivity contribution in [1.82, 2.24) is 0 Å². The standard InChI is InChI=1S/C9H11NOS.2C2H6.9CH4/c11-12-7-6-10(8-12)9-4-2-1-3-5-9;2*1-2;;;;;;;;;/h1-5H,6-8H2;2*1-2H3;9*1H4. The first-order valence-corrected chi connectivity index (χ1v) is 7.50. The Balaban J connectivity index is -0.0000000204. The minimum Gasteiger partial charge on any atom is -0.359 e. The number of rotatable bonds is 1. The Morgan fingerprint density at radius 1 is 0.720 bits per heavy atom. The van der Waals surface area contributed by atoms with Gasteiger partial charge in [0.1, 0.15) is 0 Å². The van der Waals surface area contributed by atoms with E-state index in [9.17, 15) is 4.21 Å². The SMILES string of the molecule is C.C.C.C.C.C.C.C.C.CC.CC.O=S1CCN(c2ccccc2)C1. The molecule has 0 N–H and O–H groups in total. The minimum atomic E-state index is -0.627. The number of hydrogen-bond acceptors (Lipinski definition) is 2. The molecule has 1 aromatic rings. The molecular formula is C22H59NOS. The van der Waals surface area contributed by atoms with Crippen molar-refractivity contribution < 1.29 is 4.21 Å². The third kappa shape index (κ3) is 25.5. The van der Waals surface area contributed by atoms with Crippen molar-refractivity contribution in [2.75, 3.05) is 23.1 Å². The Kier molecular flexibility index (Phi) is 113. The molecule has 1 saturated heterocycles. The summed E-state index contributed by atoms with van der Waals surface area (Å²) < 4.78 is 11.1. The summed E-state index contributed by atoms with van der Waals surface area (Å²) in [5.74, 6) is 1.51. The zero-order valence-electron chi connectivity index (χ0n) is 10.8. The third-order valence-electron chi connectivity index (χ3n) is 2.01. The molecule has 3 heteroatoms. The molecule has 164 valence electrons. The number of benzene rings is 1. The summed E-state index contributed by atoms with van der Waals surface area (Å²) in [6, 6.07) is 10.1. The largest absolute Gasteiger partial charge is 0.359 e. The van der Waals surface area contributed by atoms with Gasteiger partial charge in [0.05, 0.1) is 5.88 Å². The molecule has 0 radical (unpaired) electrons. The summed E-state index contributed by atoms with van der Waals surface area (Å²) >= 11 is 0. The Hall–Kier alpha value is -0.830. The van der Waals surface area contributed by atoms with E-state index in [0.717, 1.165) is 12.3 Å². The van der Waals surface area contributed by atoms with Crippen LogP contribution in [0.4, 0.5) is 5.69 Å². The van der Waals surface area contributed by atoms with Crippen LogP contribution in [0.5, 0.6) is 0 Å². The van der Waals surface area contributed by atoms with Crippen molar-refractivity contribution in [3.63, 3.8) is 0 Å². The number of nitrogens with zero attached hydrogens (tertiary/aromatic N) is 1. The van der Waals surface area contributed by atoms with Crippen LogP contribution >= 0.6 is 0 Å². The van der Waals surface area contributed by atoms with E-state index in [2.05, 4.69) is 17.0 Å². The molecule has 0 amide bonds. The molecule has 2 nitrogen and oxygen atoms in total. The lowest BCUT2D eigenvalue weighted by molar-refractivity contribution is 0.687. The van der Waals surface area contributed by atoms with Gasteiger partial charge in [-0.1, -0.05) is 113 Å². The quantitative estimate of drug-likeness (QED) is 0.480. The first-order valence-electron chi connectivity index (χ1n) is 6.01. The highest BCUT2D eigenvalue weighted by Gasteiger charge is 2.17. The Bertz CT molecular complexity index is 289. The molecule has 0 aliphatic carbocycles. The van der Waals surface area contributed by atoms with Crippen molar-refractivity contribution in [3.05, 3.63) is 30.3 Å². The molecule has 0 spiro atoms. The van der Waals surface area contributed by atoms with Gasteiger partial charge >= 0.3 is 0 Å². The van der Waals surface area contributed by atoms with E-state index in [4.69, 9.17) is 0 Å². The van der Waals surface area contributed by atoms with E-state index < -0.39 is 10.8 Å². The van der Waals surface area contributed by atoms with Crippen LogP contribution in [0.15, 0.2) is 30.3 Å². The Morgan fingerprint density at radius 3 is 1.36 bits per heavy atom. The number of para-hydroxylation sites is 1. The molecule has 1 aromatic carbocycles. The summed E-state index contributed by atoms with van der Waals surface area (Å²) in [6.07, 6.45) is 0. The molecule has 1 unspecified atom stereocenters. The second-order valence-electron chi connectivity index (χ2n) is 2.87. The second-order valence-corrected chi connectivity index (χ2v) is 4.42. The van der Waals surface area contributed by atoms with Gasteiger partial charge in [-0.3, -0.25) is 4.21 Å². The average Bonchev–Trinajstić information content (AvgIpc) is 2.82. The molecule has 0 saturated carbocycles. The monoisotopic (exact) mass is 385 g/mol. The second kappa shape index (κ2) is 43.6. The number of anilines is 1. The molecule has 1 fully saturated rings. The maximum Gasteiger partial charge on any atom is 0.0938 e. The van der Waals surface area contributed by atoms with E-state index in [1.54, 1.807) is 0 Å². The smallest absolute Gasteiger partial charge is 0.0938 e. The van der Waals surface area contributed by atoms with Crippen molar-refractivity contribution >= 4 is 16.5 Å². The molecule has 1 aliphatic heterocycles. The Labute approximate surface area is 168 Å². The lowest BCUT2D eigenvalue weighted by Crippen LogP contribution is -2.18. The summed E-state index contributed by atoms with van der Waals surface area (Å²) in [7, 11) is -0.627. The van der Waals surface area contributed by atoms with Gasteiger partial charge in [-0.05, 0) is 12.1 Å². The Morgan fingerprint density at radius 2 is 1.08 bits per heavy atom. The predicted molar refractivity (Wildman–Crippen MR) is 135 cm³/mol. The highest BCUT2D eigenvalue weighted by atomic mass is 32.2. The van der Waals surface area contributed by atoms with Crippen molar-refractivity contribution in [2.45, 2.75) is 94.5 Å². The van der Waals surface area contributed by atoms with Crippen molar-refractivity contribution in [2.24, 2.45) is 0 Å². The van der Waals surface area contributed by atoms with E-state index >= 15 is 0 Å². The highest BCUT2D eigenvalue weighted by molar-refractivity contribution is 7.85. The van der Waals surface area contributed by atoms with E-state index in [1.807, 2.05) is 45.9 Å². The van der Waals surface area contributed by atoms with Gasteiger partial charge in [0.25, 0.3) is 0 Å². The molecular weight excluding hydrogens is 326 g/mol. The molecule has 0 bridgehead atoms. The van der Waals surface area contributed by atoms with Crippen LogP contribution in [0.1, 0.15) is 94.5 Å². The van der Waals surface area contributed by atoms with Gasteiger partial charge in [-0.15, -0.1) is 0 Å². The minimum absolute atomic E-state index is 0. The molecule has 1 heterocycles. The van der Waals surface area contributed by atoms with Crippen LogP contribution < -0.4 is 4.90 Å². The molecule has 25 heavy (non-hydrogen) atoms. The fourth-order valence-electron chi connectivity index (χ4n) is 1.36. The normalized spacial score (nSPS) is 11.5. The molecule has 1 atom stereocenters. The third-order valence-corrected chi connectivity index (χ3v) is 3.25. The average molecular weight is 386 g/mol. The van der Waals surface area contributed by atoms with Crippen LogP contribution in [0, 0.1) is 0 Å². The van der Waals surface area contributed by atoms with Gasteiger partial charge in [0.15, 0.2) is 0 Å². The van der Waals surface area contributed by atoms with Crippen molar-refractivity contribution in [3.8, 4) is 0 Å². The number of hydrogen-bond donors (Lipinski definition) is 0. The van der Waals surface area contributed by atoms with Crippen LogP contribution in [-0.4, -0.2) is 22.4 Å². The van der Waals surface area contributed by atoms with Crippen LogP contribution in [0.3, 0.4) is 0 Å². The zero-order valence-corrected chi connectivity index (χ0v) is 11.6.